The van der Waals surface area contributed by atoms with Crippen LogP contribution in [-0.2, 0) is 0 Å². The molecule has 1 unspecified atom stereocenters. The average Bonchev–Trinajstić information content (AvgIpc) is 2.48. The van der Waals surface area contributed by atoms with Crippen LogP contribution in [0.5, 0.6) is 0 Å². The van der Waals surface area contributed by atoms with Crippen molar-refractivity contribution in [3.8, 4) is 0 Å². The Morgan fingerprint density at radius 3 is 2.38 bits per heavy atom. The Hall–Kier alpha value is -0.780. The van der Waals surface area contributed by atoms with Crippen molar-refractivity contribution in [3.05, 3.63) is 35.9 Å². The molecule has 0 radical (unpaired) electrons. The third kappa shape index (κ3) is 1.93. The van der Waals surface area contributed by atoms with Gasteiger partial charge in [0, 0.05) is 0 Å². The van der Waals surface area contributed by atoms with Gasteiger partial charge in [0.05, 0.1) is 0 Å². The zero-order valence-electron chi connectivity index (χ0n) is 8.59. The van der Waals surface area contributed by atoms with Gasteiger partial charge in [-0.05, 0) is 36.2 Å². The summed E-state index contributed by atoms with van der Waals surface area (Å²) in [4.78, 5) is 0. The average molecular weight is 174 g/mol. The molecule has 0 aliphatic heterocycles. The maximum Gasteiger partial charge on any atom is -0.0157 e. The molecule has 1 aromatic rings. The van der Waals surface area contributed by atoms with E-state index in [4.69, 9.17) is 0 Å². The van der Waals surface area contributed by atoms with E-state index in [1.165, 1.54) is 24.8 Å². The summed E-state index contributed by atoms with van der Waals surface area (Å²) in [6.07, 6.45) is 4.11. The van der Waals surface area contributed by atoms with Gasteiger partial charge in [0.2, 0.25) is 0 Å². The predicted octanol–water partition coefficient (Wildman–Crippen LogP) is 3.98. The highest BCUT2D eigenvalue weighted by Gasteiger charge is 2.31. The molecule has 0 bridgehead atoms. The molecule has 0 saturated heterocycles. The Morgan fingerprint density at radius 2 is 1.85 bits per heavy atom. The van der Waals surface area contributed by atoms with Crippen molar-refractivity contribution in [2.24, 2.45) is 5.41 Å². The Labute approximate surface area is 81.0 Å². The zero-order chi connectivity index (χ0) is 9.31. The molecule has 0 nitrogen and oxygen atoms in total. The van der Waals surface area contributed by atoms with E-state index in [9.17, 15) is 0 Å². The van der Waals surface area contributed by atoms with Crippen molar-refractivity contribution in [1.29, 1.82) is 0 Å². The minimum atomic E-state index is 0.570. The molecule has 1 fully saturated rings. The van der Waals surface area contributed by atoms with Crippen molar-refractivity contribution >= 4 is 0 Å². The van der Waals surface area contributed by atoms with Gasteiger partial charge in [0.15, 0.2) is 0 Å². The third-order valence-corrected chi connectivity index (χ3v) is 3.24. The largest absolute Gasteiger partial charge is 0.0622 e. The molecule has 0 spiro atoms. The van der Waals surface area contributed by atoms with Crippen LogP contribution in [0.1, 0.15) is 44.6 Å². The van der Waals surface area contributed by atoms with E-state index in [0.717, 1.165) is 5.92 Å². The van der Waals surface area contributed by atoms with Crippen molar-refractivity contribution in [1.82, 2.24) is 0 Å². The van der Waals surface area contributed by atoms with E-state index < -0.39 is 0 Å². The Kier molecular flexibility index (Phi) is 2.15. The van der Waals surface area contributed by atoms with Crippen LogP contribution in [0.15, 0.2) is 30.3 Å². The van der Waals surface area contributed by atoms with Crippen LogP contribution >= 0.6 is 0 Å². The van der Waals surface area contributed by atoms with Crippen LogP contribution in [0.4, 0.5) is 0 Å². The third-order valence-electron chi connectivity index (χ3n) is 3.24. The molecule has 1 aliphatic rings. The molecule has 13 heavy (non-hydrogen) atoms. The lowest BCUT2D eigenvalue weighted by Crippen LogP contribution is -2.04. The van der Waals surface area contributed by atoms with Crippen LogP contribution < -0.4 is 0 Å². The van der Waals surface area contributed by atoms with Gasteiger partial charge in [-0.15, -0.1) is 0 Å². The Morgan fingerprint density at radius 1 is 1.15 bits per heavy atom. The number of benzene rings is 1. The van der Waals surface area contributed by atoms with Crippen molar-refractivity contribution < 1.29 is 0 Å². The van der Waals surface area contributed by atoms with Crippen LogP contribution in [-0.4, -0.2) is 0 Å². The van der Waals surface area contributed by atoms with Crippen LogP contribution in [0.25, 0.3) is 0 Å². The number of hydrogen-bond donors (Lipinski definition) is 0. The Balaban J connectivity index is 2.13. The van der Waals surface area contributed by atoms with Gasteiger partial charge in [-0.3, -0.25) is 0 Å². The molecular formula is C13H18. The van der Waals surface area contributed by atoms with E-state index in [1.807, 2.05) is 0 Å². The molecule has 0 heteroatoms. The van der Waals surface area contributed by atoms with Crippen molar-refractivity contribution in [3.63, 3.8) is 0 Å². The fraction of sp³-hybridized carbons (Fsp3) is 0.538. The minimum absolute atomic E-state index is 0.570. The lowest BCUT2D eigenvalue weighted by molar-refractivity contribution is 0.376. The molecule has 70 valence electrons. The van der Waals surface area contributed by atoms with Crippen LogP contribution in [0, 0.1) is 5.41 Å². The maximum absolute atomic E-state index is 2.38. The first-order valence-electron chi connectivity index (χ1n) is 5.22. The fourth-order valence-electron chi connectivity index (χ4n) is 2.45. The first-order chi connectivity index (χ1) is 6.17. The highest BCUT2D eigenvalue weighted by atomic mass is 14.4. The fourth-order valence-corrected chi connectivity index (χ4v) is 2.45. The minimum Gasteiger partial charge on any atom is -0.0622 e. The maximum atomic E-state index is 2.38. The van der Waals surface area contributed by atoms with Gasteiger partial charge < -0.3 is 0 Å². The predicted molar refractivity (Wildman–Crippen MR) is 56.8 cm³/mol. The monoisotopic (exact) mass is 174 g/mol. The zero-order valence-corrected chi connectivity index (χ0v) is 8.59. The van der Waals surface area contributed by atoms with Gasteiger partial charge >= 0.3 is 0 Å². The van der Waals surface area contributed by atoms with Crippen LogP contribution in [0.3, 0.4) is 0 Å². The molecule has 0 amide bonds. The van der Waals surface area contributed by atoms with E-state index in [-0.39, 0.29) is 0 Å². The summed E-state index contributed by atoms with van der Waals surface area (Å²) in [5.41, 5.74) is 2.11. The second-order valence-electron chi connectivity index (χ2n) is 5.01. The lowest BCUT2D eigenvalue weighted by atomic mass is 9.88. The summed E-state index contributed by atoms with van der Waals surface area (Å²) in [6, 6.07) is 10.9. The highest BCUT2D eigenvalue weighted by molar-refractivity contribution is 5.21. The lowest BCUT2D eigenvalue weighted by Gasteiger charge is -2.17. The summed E-state index contributed by atoms with van der Waals surface area (Å²) in [5, 5.41) is 0. The molecule has 0 N–H and O–H groups in total. The molecule has 1 atom stereocenters. The SMILES string of the molecule is CC1(C)CCC(c2ccccc2)C1. The van der Waals surface area contributed by atoms with Crippen molar-refractivity contribution in [2.75, 3.05) is 0 Å². The topological polar surface area (TPSA) is 0 Å². The van der Waals surface area contributed by atoms with Gasteiger partial charge in [-0.2, -0.15) is 0 Å². The molecular weight excluding hydrogens is 156 g/mol. The molecule has 1 aromatic carbocycles. The standard InChI is InChI=1S/C13H18/c1-13(2)9-8-12(10-13)11-6-4-3-5-7-11/h3-7,12H,8-10H2,1-2H3. The summed E-state index contributed by atoms with van der Waals surface area (Å²) in [7, 11) is 0. The molecule has 2 rings (SSSR count). The van der Waals surface area contributed by atoms with E-state index >= 15 is 0 Å². The van der Waals surface area contributed by atoms with Gasteiger partial charge in [0.1, 0.15) is 0 Å². The van der Waals surface area contributed by atoms with Gasteiger partial charge in [-0.25, -0.2) is 0 Å². The van der Waals surface area contributed by atoms with Gasteiger partial charge in [0.25, 0.3) is 0 Å². The quantitative estimate of drug-likeness (QED) is 0.604. The molecule has 0 aromatic heterocycles. The van der Waals surface area contributed by atoms with E-state index in [0.29, 0.717) is 5.41 Å². The number of hydrogen-bond acceptors (Lipinski definition) is 0. The first-order valence-corrected chi connectivity index (χ1v) is 5.22. The van der Waals surface area contributed by atoms with E-state index in [2.05, 4.69) is 44.2 Å². The second kappa shape index (κ2) is 3.17. The van der Waals surface area contributed by atoms with Gasteiger partial charge in [-0.1, -0.05) is 44.2 Å². The summed E-state index contributed by atoms with van der Waals surface area (Å²) in [5.74, 6) is 0.816. The summed E-state index contributed by atoms with van der Waals surface area (Å²) < 4.78 is 0. The molecule has 0 heterocycles. The number of rotatable bonds is 1. The van der Waals surface area contributed by atoms with Crippen LogP contribution in [0.2, 0.25) is 0 Å². The normalized spacial score (nSPS) is 26.2. The highest BCUT2D eigenvalue weighted by Crippen LogP contribution is 2.45. The second-order valence-corrected chi connectivity index (χ2v) is 5.01. The summed E-state index contributed by atoms with van der Waals surface area (Å²) >= 11 is 0. The van der Waals surface area contributed by atoms with E-state index in [1.54, 1.807) is 0 Å². The molecule has 1 saturated carbocycles. The Bertz CT molecular complexity index is 271. The molecule has 1 aliphatic carbocycles. The smallest absolute Gasteiger partial charge is 0.0157 e. The van der Waals surface area contributed by atoms with Crippen molar-refractivity contribution in [2.45, 2.75) is 39.0 Å². The first kappa shape index (κ1) is 8.80. The summed E-state index contributed by atoms with van der Waals surface area (Å²) in [6.45, 7) is 4.77.